The molecule has 0 aliphatic rings. The number of carbonyl (C=O) groups excluding carboxylic acids is 1. The van der Waals surface area contributed by atoms with Crippen LogP contribution in [0.25, 0.3) is 11.0 Å². The fraction of sp³-hybridized carbons (Fsp3) is 0.174. The molecule has 0 unspecified atom stereocenters. The summed E-state index contributed by atoms with van der Waals surface area (Å²) in [4.78, 5) is 16.6. The quantitative estimate of drug-likeness (QED) is 0.402. The summed E-state index contributed by atoms with van der Waals surface area (Å²) < 4.78 is 44.9. The highest BCUT2D eigenvalue weighted by molar-refractivity contribution is 7.91. The van der Waals surface area contributed by atoms with Gasteiger partial charge in [0.05, 0.1) is 22.6 Å². The summed E-state index contributed by atoms with van der Waals surface area (Å²) >= 11 is 0. The Labute approximate surface area is 184 Å². The van der Waals surface area contributed by atoms with Crippen molar-refractivity contribution in [3.63, 3.8) is 0 Å². The summed E-state index contributed by atoms with van der Waals surface area (Å²) in [6.07, 6.45) is 3.81. The predicted molar refractivity (Wildman–Crippen MR) is 116 cm³/mol. The van der Waals surface area contributed by atoms with Crippen LogP contribution in [0.15, 0.2) is 70.7 Å². The summed E-state index contributed by atoms with van der Waals surface area (Å²) in [6.45, 7) is 2.00. The van der Waals surface area contributed by atoms with Crippen molar-refractivity contribution in [2.24, 2.45) is 0 Å². The number of pyridine rings is 1. The Bertz CT molecular complexity index is 1380. The Morgan fingerprint density at radius 1 is 1.06 bits per heavy atom. The van der Waals surface area contributed by atoms with Crippen molar-refractivity contribution in [2.75, 3.05) is 6.61 Å². The van der Waals surface area contributed by atoms with Crippen molar-refractivity contribution in [3.05, 3.63) is 77.9 Å². The fourth-order valence-corrected chi connectivity index (χ4v) is 4.56. The molecule has 9 heteroatoms. The average Bonchev–Trinajstić information content (AvgIpc) is 3.27. The standard InChI is InChI=1S/C23H20FN3O4S/c1-2-31-22-10-8-19(12-20(22)24)32(29,30)18-6-3-15(4-7-18)5-9-21(28)16-11-17-14-26-27-23(17)25-13-16/h3-4,6-8,10-14H,2,5,9H2,1H3,(H,25,26,27). The second kappa shape index (κ2) is 8.88. The molecular formula is C23H20FN3O4S. The maximum absolute atomic E-state index is 14.1. The zero-order valence-electron chi connectivity index (χ0n) is 17.2. The number of aromatic amines is 1. The van der Waals surface area contributed by atoms with Crippen molar-refractivity contribution < 1.29 is 22.3 Å². The first-order valence-electron chi connectivity index (χ1n) is 9.97. The van der Waals surface area contributed by atoms with Gasteiger partial charge >= 0.3 is 0 Å². The summed E-state index contributed by atoms with van der Waals surface area (Å²) in [5.41, 5.74) is 1.92. The summed E-state index contributed by atoms with van der Waals surface area (Å²) in [5.74, 6) is -0.790. The molecule has 0 fully saturated rings. The number of H-pyrrole nitrogens is 1. The topological polar surface area (TPSA) is 102 Å². The highest BCUT2D eigenvalue weighted by Crippen LogP contribution is 2.26. The third-order valence-electron chi connectivity index (χ3n) is 5.00. The lowest BCUT2D eigenvalue weighted by Crippen LogP contribution is -2.05. The molecule has 2 aromatic carbocycles. The number of sulfone groups is 1. The molecule has 4 aromatic rings. The molecule has 0 aliphatic carbocycles. The molecule has 0 amide bonds. The van der Waals surface area contributed by atoms with Gasteiger partial charge in [-0.2, -0.15) is 5.10 Å². The van der Waals surface area contributed by atoms with Crippen LogP contribution in [0.3, 0.4) is 0 Å². The number of aryl methyl sites for hydroxylation is 1. The Kier molecular flexibility index (Phi) is 6.00. The van der Waals surface area contributed by atoms with Gasteiger partial charge in [0.15, 0.2) is 23.0 Å². The van der Waals surface area contributed by atoms with Gasteiger partial charge < -0.3 is 4.74 Å². The van der Waals surface area contributed by atoms with E-state index in [0.29, 0.717) is 17.6 Å². The van der Waals surface area contributed by atoms with Crippen LogP contribution in [0.4, 0.5) is 4.39 Å². The summed E-state index contributed by atoms with van der Waals surface area (Å²) in [7, 11) is -3.88. The van der Waals surface area contributed by atoms with Crippen LogP contribution < -0.4 is 4.74 Å². The number of ketones is 1. The first-order chi connectivity index (χ1) is 15.4. The van der Waals surface area contributed by atoms with Crippen LogP contribution in [0.2, 0.25) is 0 Å². The van der Waals surface area contributed by atoms with E-state index in [0.717, 1.165) is 17.0 Å². The van der Waals surface area contributed by atoms with Crippen LogP contribution in [0.1, 0.15) is 29.3 Å². The predicted octanol–water partition coefficient (Wildman–Crippen LogP) is 4.14. The molecule has 164 valence electrons. The van der Waals surface area contributed by atoms with Gasteiger partial charge in [0.1, 0.15) is 0 Å². The number of benzene rings is 2. The zero-order chi connectivity index (χ0) is 22.7. The smallest absolute Gasteiger partial charge is 0.206 e. The molecule has 0 radical (unpaired) electrons. The number of carbonyl (C=O) groups is 1. The first-order valence-corrected chi connectivity index (χ1v) is 11.5. The van der Waals surface area contributed by atoms with E-state index in [4.69, 9.17) is 4.74 Å². The minimum Gasteiger partial charge on any atom is -0.491 e. The van der Waals surface area contributed by atoms with Gasteiger partial charge in [-0.1, -0.05) is 12.1 Å². The van der Waals surface area contributed by atoms with Gasteiger partial charge in [0.2, 0.25) is 9.84 Å². The highest BCUT2D eigenvalue weighted by atomic mass is 32.2. The Morgan fingerprint density at radius 3 is 2.53 bits per heavy atom. The minimum atomic E-state index is -3.88. The zero-order valence-corrected chi connectivity index (χ0v) is 18.0. The van der Waals surface area contributed by atoms with E-state index in [1.807, 2.05) is 0 Å². The van der Waals surface area contributed by atoms with Crippen LogP contribution in [0.5, 0.6) is 5.75 Å². The molecule has 0 bridgehead atoms. The van der Waals surface area contributed by atoms with E-state index in [2.05, 4.69) is 15.2 Å². The van der Waals surface area contributed by atoms with E-state index < -0.39 is 15.7 Å². The molecule has 4 rings (SSSR count). The number of fused-ring (bicyclic) bond motifs is 1. The van der Waals surface area contributed by atoms with Crippen LogP contribution in [0, 0.1) is 5.82 Å². The first kappa shape index (κ1) is 21.6. The third-order valence-corrected chi connectivity index (χ3v) is 6.77. The van der Waals surface area contributed by atoms with Gasteiger partial charge in [0, 0.05) is 23.6 Å². The maximum Gasteiger partial charge on any atom is 0.206 e. The summed E-state index contributed by atoms with van der Waals surface area (Å²) in [6, 6.07) is 11.6. The lowest BCUT2D eigenvalue weighted by atomic mass is 10.0. The van der Waals surface area contributed by atoms with Gasteiger partial charge in [-0.05, 0) is 55.3 Å². The number of rotatable bonds is 8. The molecule has 0 saturated heterocycles. The maximum atomic E-state index is 14.1. The number of hydrogen-bond donors (Lipinski definition) is 1. The molecular weight excluding hydrogens is 433 g/mol. The number of nitrogens with zero attached hydrogens (tertiary/aromatic N) is 2. The SMILES string of the molecule is CCOc1ccc(S(=O)(=O)c2ccc(CCC(=O)c3cnc4[nH]ncc4c3)cc2)cc1F. The number of aromatic nitrogens is 3. The lowest BCUT2D eigenvalue weighted by Gasteiger charge is -2.09. The second-order valence-corrected chi connectivity index (χ2v) is 9.08. The molecule has 0 saturated carbocycles. The molecule has 0 atom stereocenters. The number of nitrogens with one attached hydrogen (secondary N) is 1. The largest absolute Gasteiger partial charge is 0.491 e. The van der Waals surface area contributed by atoms with E-state index in [9.17, 15) is 17.6 Å². The van der Waals surface area contributed by atoms with E-state index >= 15 is 0 Å². The second-order valence-electron chi connectivity index (χ2n) is 7.13. The van der Waals surface area contributed by atoms with Crippen LogP contribution in [-0.2, 0) is 16.3 Å². The average molecular weight is 453 g/mol. The molecule has 2 aromatic heterocycles. The molecule has 32 heavy (non-hydrogen) atoms. The van der Waals surface area contributed by atoms with Gasteiger partial charge in [0.25, 0.3) is 0 Å². The van der Waals surface area contributed by atoms with Crippen molar-refractivity contribution in [1.29, 1.82) is 0 Å². The van der Waals surface area contributed by atoms with Crippen LogP contribution >= 0.6 is 0 Å². The molecule has 1 N–H and O–H groups in total. The number of ether oxygens (including phenoxy) is 1. The van der Waals surface area contributed by atoms with E-state index in [1.54, 1.807) is 31.3 Å². The Morgan fingerprint density at radius 2 is 1.81 bits per heavy atom. The summed E-state index contributed by atoms with van der Waals surface area (Å²) in [5, 5.41) is 7.38. The van der Waals surface area contributed by atoms with Crippen molar-refractivity contribution >= 4 is 26.7 Å². The molecule has 0 aliphatic heterocycles. The number of Topliss-reactive ketones (excluding diaryl/α,β-unsaturated/α-hetero) is 1. The van der Waals surface area contributed by atoms with Gasteiger partial charge in [-0.3, -0.25) is 9.89 Å². The van der Waals surface area contributed by atoms with E-state index in [-0.39, 0.29) is 34.4 Å². The molecule has 2 heterocycles. The number of hydrogen-bond acceptors (Lipinski definition) is 6. The van der Waals surface area contributed by atoms with Crippen molar-refractivity contribution in [2.45, 2.75) is 29.6 Å². The van der Waals surface area contributed by atoms with Crippen molar-refractivity contribution in [3.8, 4) is 5.75 Å². The molecule has 7 nitrogen and oxygen atoms in total. The lowest BCUT2D eigenvalue weighted by molar-refractivity contribution is 0.0982. The van der Waals surface area contributed by atoms with Crippen molar-refractivity contribution in [1.82, 2.24) is 15.2 Å². The normalized spacial score (nSPS) is 11.6. The highest BCUT2D eigenvalue weighted by Gasteiger charge is 2.20. The van der Waals surface area contributed by atoms with Gasteiger partial charge in [-0.25, -0.2) is 17.8 Å². The van der Waals surface area contributed by atoms with E-state index in [1.165, 1.54) is 30.5 Å². The monoisotopic (exact) mass is 453 g/mol. The minimum absolute atomic E-state index is 0.00795. The van der Waals surface area contributed by atoms with Crippen LogP contribution in [-0.4, -0.2) is 36.0 Å². The van der Waals surface area contributed by atoms with Gasteiger partial charge in [-0.15, -0.1) is 0 Å². The molecule has 0 spiro atoms. The third kappa shape index (κ3) is 4.38. The fourth-order valence-electron chi connectivity index (χ4n) is 3.28. The Hall–Kier alpha value is -3.59. The number of halogens is 1. The Balaban J connectivity index is 1.45.